The van der Waals surface area contributed by atoms with Gasteiger partial charge in [0.25, 0.3) is 5.56 Å². The van der Waals surface area contributed by atoms with E-state index in [-0.39, 0.29) is 5.56 Å². The lowest BCUT2D eigenvalue weighted by molar-refractivity contribution is 0.699. The molecule has 3 nitrogen and oxygen atoms in total. The minimum absolute atomic E-state index is 0.0733. The first-order chi connectivity index (χ1) is 12.6. The Morgan fingerprint density at radius 1 is 1.27 bits per heavy atom. The lowest BCUT2D eigenvalue weighted by atomic mass is 9.97. The van der Waals surface area contributed by atoms with Crippen molar-refractivity contribution in [2.24, 2.45) is 0 Å². The highest BCUT2D eigenvalue weighted by molar-refractivity contribution is 7.99. The van der Waals surface area contributed by atoms with Crippen LogP contribution in [-0.2, 0) is 12.8 Å². The normalized spacial score (nSPS) is 13.8. The predicted octanol–water partition coefficient (Wildman–Crippen LogP) is 5.22. The Hall–Kier alpha value is -1.85. The van der Waals surface area contributed by atoms with Gasteiger partial charge in [-0.1, -0.05) is 23.9 Å². The van der Waals surface area contributed by atoms with Crippen LogP contribution >= 0.6 is 23.1 Å². The van der Waals surface area contributed by atoms with Crippen LogP contribution in [0.15, 0.2) is 40.8 Å². The maximum atomic E-state index is 13.5. The molecule has 0 aliphatic heterocycles. The van der Waals surface area contributed by atoms with E-state index in [9.17, 15) is 4.79 Å². The summed E-state index contributed by atoms with van der Waals surface area (Å²) in [5, 5.41) is 1.59. The number of aryl methyl sites for hydroxylation is 4. The van der Waals surface area contributed by atoms with Gasteiger partial charge in [0.05, 0.1) is 11.1 Å². The zero-order valence-corrected chi connectivity index (χ0v) is 16.8. The molecule has 5 heteroatoms. The monoisotopic (exact) mass is 382 g/mol. The van der Waals surface area contributed by atoms with Crippen LogP contribution in [0.3, 0.4) is 0 Å². The minimum atomic E-state index is 0.0733. The van der Waals surface area contributed by atoms with Crippen molar-refractivity contribution in [1.29, 1.82) is 0 Å². The Morgan fingerprint density at radius 3 is 2.85 bits per heavy atom. The Labute approximate surface area is 161 Å². The van der Waals surface area contributed by atoms with E-state index in [1.54, 1.807) is 27.7 Å². The number of rotatable bonds is 4. The van der Waals surface area contributed by atoms with E-state index >= 15 is 0 Å². The van der Waals surface area contributed by atoms with Gasteiger partial charge >= 0.3 is 0 Å². The van der Waals surface area contributed by atoms with Gasteiger partial charge in [-0.3, -0.25) is 9.36 Å². The number of thioether (sulfide) groups is 1. The van der Waals surface area contributed by atoms with Crippen molar-refractivity contribution in [2.45, 2.75) is 44.7 Å². The molecule has 0 fully saturated rings. The van der Waals surface area contributed by atoms with Crippen molar-refractivity contribution < 1.29 is 0 Å². The summed E-state index contributed by atoms with van der Waals surface area (Å²) in [6, 6.07) is 6.18. The molecule has 0 spiro atoms. The Balaban J connectivity index is 2.01. The largest absolute Gasteiger partial charge is 0.268 e. The lowest BCUT2D eigenvalue weighted by Gasteiger charge is -2.14. The molecule has 0 saturated carbocycles. The average molecular weight is 383 g/mol. The van der Waals surface area contributed by atoms with Crippen LogP contribution in [0.5, 0.6) is 0 Å². The van der Waals surface area contributed by atoms with Crippen LogP contribution in [0.4, 0.5) is 0 Å². The van der Waals surface area contributed by atoms with Crippen LogP contribution in [-0.4, -0.2) is 15.3 Å². The van der Waals surface area contributed by atoms with Crippen LogP contribution in [0.25, 0.3) is 15.9 Å². The fraction of sp³-hybridized carbons (Fsp3) is 0.333. The Kier molecular flexibility index (Phi) is 4.76. The predicted molar refractivity (Wildman–Crippen MR) is 112 cm³/mol. The molecule has 0 bridgehead atoms. The lowest BCUT2D eigenvalue weighted by Crippen LogP contribution is -2.22. The molecule has 1 aromatic carbocycles. The molecule has 26 heavy (non-hydrogen) atoms. The third-order valence-electron chi connectivity index (χ3n) is 5.04. The van der Waals surface area contributed by atoms with Crippen LogP contribution in [0.2, 0.25) is 0 Å². The van der Waals surface area contributed by atoms with Crippen molar-refractivity contribution in [2.75, 3.05) is 5.75 Å². The molecule has 3 aromatic rings. The molecule has 1 aliphatic rings. The SMILES string of the molecule is C=CCSc1nc2sc3c(c2c(=O)n1-c1ccc(C)c(C)c1)CCCC3. The summed E-state index contributed by atoms with van der Waals surface area (Å²) >= 11 is 3.27. The summed E-state index contributed by atoms with van der Waals surface area (Å²) in [6.45, 7) is 7.98. The molecule has 1 aliphatic carbocycles. The van der Waals surface area contributed by atoms with E-state index in [0.717, 1.165) is 46.1 Å². The van der Waals surface area contributed by atoms with Gasteiger partial charge in [-0.15, -0.1) is 17.9 Å². The summed E-state index contributed by atoms with van der Waals surface area (Å²) < 4.78 is 1.80. The van der Waals surface area contributed by atoms with Crippen molar-refractivity contribution >= 4 is 33.3 Å². The number of nitrogens with zero attached hydrogens (tertiary/aromatic N) is 2. The first kappa shape index (κ1) is 17.6. The number of hydrogen-bond donors (Lipinski definition) is 0. The van der Waals surface area contributed by atoms with Gasteiger partial charge in [-0.2, -0.15) is 0 Å². The van der Waals surface area contributed by atoms with Crippen LogP contribution in [0.1, 0.15) is 34.4 Å². The molecular weight excluding hydrogens is 360 g/mol. The topological polar surface area (TPSA) is 34.9 Å². The van der Waals surface area contributed by atoms with Gasteiger partial charge in [0.2, 0.25) is 0 Å². The van der Waals surface area contributed by atoms with E-state index in [4.69, 9.17) is 4.98 Å². The smallest absolute Gasteiger partial charge is 0.267 e. The van der Waals surface area contributed by atoms with E-state index in [0.29, 0.717) is 0 Å². The van der Waals surface area contributed by atoms with Crippen molar-refractivity contribution in [1.82, 2.24) is 9.55 Å². The number of aromatic nitrogens is 2. The third-order valence-corrected chi connectivity index (χ3v) is 7.16. The molecule has 0 amide bonds. The molecule has 4 rings (SSSR count). The zero-order chi connectivity index (χ0) is 18.3. The second-order valence-corrected chi connectivity index (χ2v) is 8.87. The summed E-state index contributed by atoms with van der Waals surface area (Å²) in [7, 11) is 0. The first-order valence-corrected chi connectivity index (χ1v) is 10.8. The van der Waals surface area contributed by atoms with Crippen LogP contribution < -0.4 is 5.56 Å². The van der Waals surface area contributed by atoms with Gasteiger partial charge in [-0.25, -0.2) is 4.98 Å². The maximum Gasteiger partial charge on any atom is 0.267 e. The number of hydrogen-bond acceptors (Lipinski definition) is 4. The van der Waals surface area contributed by atoms with Gasteiger partial charge < -0.3 is 0 Å². The highest BCUT2D eigenvalue weighted by Gasteiger charge is 2.22. The van der Waals surface area contributed by atoms with E-state index < -0.39 is 0 Å². The fourth-order valence-corrected chi connectivity index (χ4v) is 5.56. The van der Waals surface area contributed by atoms with Gasteiger partial charge in [0.1, 0.15) is 4.83 Å². The molecule has 2 aromatic heterocycles. The summed E-state index contributed by atoms with van der Waals surface area (Å²) in [5.41, 5.74) is 4.62. The summed E-state index contributed by atoms with van der Waals surface area (Å²) in [4.78, 5) is 20.7. The molecule has 0 atom stereocenters. The van der Waals surface area contributed by atoms with E-state index in [1.165, 1.54) is 28.0 Å². The van der Waals surface area contributed by atoms with E-state index in [1.807, 2.05) is 12.1 Å². The maximum absolute atomic E-state index is 13.5. The second kappa shape index (κ2) is 7.05. The van der Waals surface area contributed by atoms with E-state index in [2.05, 4.69) is 32.6 Å². The number of thiophene rings is 1. The summed E-state index contributed by atoms with van der Waals surface area (Å²) in [6.07, 6.45) is 6.30. The molecular formula is C21H22N2OS2. The Morgan fingerprint density at radius 2 is 2.08 bits per heavy atom. The molecule has 0 saturated heterocycles. The standard InChI is InChI=1S/C21H22N2OS2/c1-4-11-25-21-22-19-18(16-7-5-6-8-17(16)26-19)20(24)23(21)15-10-9-13(2)14(3)12-15/h4,9-10,12H,1,5-8,11H2,2-3H3. The second-order valence-electron chi connectivity index (χ2n) is 6.79. The molecule has 134 valence electrons. The molecule has 0 N–H and O–H groups in total. The van der Waals surface area contributed by atoms with Gasteiger partial charge in [-0.05, 0) is 68.4 Å². The molecule has 0 radical (unpaired) electrons. The first-order valence-electron chi connectivity index (χ1n) is 8.98. The quantitative estimate of drug-likeness (QED) is 0.352. The molecule has 0 unspecified atom stereocenters. The number of fused-ring (bicyclic) bond motifs is 3. The third kappa shape index (κ3) is 2.93. The number of benzene rings is 1. The van der Waals surface area contributed by atoms with Crippen molar-refractivity contribution in [3.63, 3.8) is 0 Å². The highest BCUT2D eigenvalue weighted by atomic mass is 32.2. The highest BCUT2D eigenvalue weighted by Crippen LogP contribution is 2.35. The van der Waals surface area contributed by atoms with Crippen LogP contribution in [0, 0.1) is 13.8 Å². The van der Waals surface area contributed by atoms with Gasteiger partial charge in [0.15, 0.2) is 5.16 Å². The zero-order valence-electron chi connectivity index (χ0n) is 15.2. The van der Waals surface area contributed by atoms with Crippen molar-refractivity contribution in [3.8, 4) is 5.69 Å². The molecule has 2 heterocycles. The summed E-state index contributed by atoms with van der Waals surface area (Å²) in [5.74, 6) is 0.730. The van der Waals surface area contributed by atoms with Gasteiger partial charge in [0, 0.05) is 10.6 Å². The minimum Gasteiger partial charge on any atom is -0.268 e. The fourth-order valence-electron chi connectivity index (χ4n) is 3.51. The average Bonchev–Trinajstić information content (AvgIpc) is 3.01. The Bertz CT molecular complexity index is 1060. The van der Waals surface area contributed by atoms with Crippen molar-refractivity contribution in [3.05, 3.63) is 62.8 Å².